The summed E-state index contributed by atoms with van der Waals surface area (Å²) in [5, 5.41) is 2.85. The third kappa shape index (κ3) is 3.91. The standard InChI is InChI=1S/C16H23N5O2/c1-16(2,3)23-15(22)18-9-11-6-8-21(10-11)14-19-12-5-4-7-17-13(12)20-14/h4-5,7,11H,6,8-10H2,1-3H3,(H,18,22)(H,17,19,20)/t11-/m0/s1. The van der Waals surface area contributed by atoms with Gasteiger partial charge in [0.05, 0.1) is 5.52 Å². The lowest BCUT2D eigenvalue weighted by molar-refractivity contribution is 0.0520. The normalized spacial score (nSPS) is 18.4. The van der Waals surface area contributed by atoms with Gasteiger partial charge in [-0.2, -0.15) is 4.98 Å². The summed E-state index contributed by atoms with van der Waals surface area (Å²) in [7, 11) is 0. The van der Waals surface area contributed by atoms with Gasteiger partial charge in [-0.25, -0.2) is 9.78 Å². The molecule has 0 saturated carbocycles. The first-order chi connectivity index (χ1) is 10.9. The van der Waals surface area contributed by atoms with Crippen LogP contribution in [0.1, 0.15) is 27.2 Å². The minimum Gasteiger partial charge on any atom is -0.444 e. The molecule has 0 aliphatic carbocycles. The molecule has 1 atom stereocenters. The van der Waals surface area contributed by atoms with E-state index in [4.69, 9.17) is 4.74 Å². The molecular formula is C16H23N5O2. The smallest absolute Gasteiger partial charge is 0.407 e. The Kier molecular flexibility index (Phi) is 4.11. The zero-order chi connectivity index (χ0) is 16.4. The number of carbonyl (C=O) groups is 1. The minimum absolute atomic E-state index is 0.358. The number of fused-ring (bicyclic) bond motifs is 1. The Hall–Kier alpha value is -2.31. The average molecular weight is 317 g/mol. The highest BCUT2D eigenvalue weighted by atomic mass is 16.6. The van der Waals surface area contributed by atoms with Crippen LogP contribution in [0.4, 0.5) is 10.7 Å². The Morgan fingerprint density at radius 1 is 1.52 bits per heavy atom. The van der Waals surface area contributed by atoms with Crippen LogP contribution in [0.5, 0.6) is 0 Å². The molecule has 0 radical (unpaired) electrons. The van der Waals surface area contributed by atoms with Gasteiger partial charge in [0.15, 0.2) is 5.65 Å². The predicted molar refractivity (Wildman–Crippen MR) is 88.4 cm³/mol. The van der Waals surface area contributed by atoms with Crippen molar-refractivity contribution in [3.63, 3.8) is 0 Å². The number of nitrogens with zero attached hydrogens (tertiary/aromatic N) is 3. The number of H-pyrrole nitrogens is 1. The lowest BCUT2D eigenvalue weighted by Crippen LogP contribution is -2.36. The number of aromatic amines is 1. The molecule has 23 heavy (non-hydrogen) atoms. The molecule has 3 rings (SSSR count). The van der Waals surface area contributed by atoms with Crippen molar-refractivity contribution in [3.05, 3.63) is 18.3 Å². The molecule has 1 aliphatic heterocycles. The van der Waals surface area contributed by atoms with E-state index >= 15 is 0 Å². The maximum atomic E-state index is 11.7. The lowest BCUT2D eigenvalue weighted by atomic mass is 10.1. The van der Waals surface area contributed by atoms with Crippen LogP contribution in [0.2, 0.25) is 0 Å². The molecule has 2 N–H and O–H groups in total. The Morgan fingerprint density at radius 3 is 3.09 bits per heavy atom. The third-order valence-corrected chi connectivity index (χ3v) is 3.76. The molecule has 3 heterocycles. The Bertz CT molecular complexity index is 658. The molecule has 0 unspecified atom stereocenters. The SMILES string of the molecule is CC(C)(C)OC(=O)NC[C@@H]1CCN(c2nc3ncccc3[nH]2)C1. The van der Waals surface area contributed by atoms with E-state index in [1.165, 1.54) is 0 Å². The van der Waals surface area contributed by atoms with Crippen molar-refractivity contribution >= 4 is 23.2 Å². The van der Waals surface area contributed by atoms with E-state index in [1.54, 1.807) is 6.20 Å². The van der Waals surface area contributed by atoms with Gasteiger partial charge in [0.2, 0.25) is 5.95 Å². The lowest BCUT2D eigenvalue weighted by Gasteiger charge is -2.20. The van der Waals surface area contributed by atoms with Gasteiger partial charge in [-0.05, 0) is 45.2 Å². The van der Waals surface area contributed by atoms with E-state index in [2.05, 4.69) is 25.2 Å². The summed E-state index contributed by atoms with van der Waals surface area (Å²) in [5.74, 6) is 1.24. The zero-order valence-electron chi connectivity index (χ0n) is 13.8. The van der Waals surface area contributed by atoms with Crippen LogP contribution in [-0.2, 0) is 4.74 Å². The monoisotopic (exact) mass is 317 g/mol. The molecule has 1 fully saturated rings. The highest BCUT2D eigenvalue weighted by Crippen LogP contribution is 2.23. The van der Waals surface area contributed by atoms with Crippen LogP contribution in [0, 0.1) is 5.92 Å². The highest BCUT2D eigenvalue weighted by molar-refractivity contribution is 5.73. The van der Waals surface area contributed by atoms with E-state index in [-0.39, 0.29) is 6.09 Å². The summed E-state index contributed by atoms with van der Waals surface area (Å²) >= 11 is 0. The summed E-state index contributed by atoms with van der Waals surface area (Å²) in [6.45, 7) is 7.97. The molecule has 1 aliphatic rings. The first-order valence-electron chi connectivity index (χ1n) is 7.93. The van der Waals surface area contributed by atoms with Crippen molar-refractivity contribution in [1.82, 2.24) is 20.3 Å². The summed E-state index contributed by atoms with van der Waals surface area (Å²) in [6, 6.07) is 3.86. The summed E-state index contributed by atoms with van der Waals surface area (Å²) < 4.78 is 5.26. The molecule has 0 spiro atoms. The molecule has 124 valence electrons. The maximum Gasteiger partial charge on any atom is 0.407 e. The van der Waals surface area contributed by atoms with Gasteiger partial charge >= 0.3 is 6.09 Å². The topological polar surface area (TPSA) is 83.1 Å². The number of rotatable bonds is 3. The van der Waals surface area contributed by atoms with Crippen LogP contribution < -0.4 is 10.2 Å². The van der Waals surface area contributed by atoms with Crippen molar-refractivity contribution in [2.75, 3.05) is 24.5 Å². The van der Waals surface area contributed by atoms with Gasteiger partial charge in [-0.3, -0.25) is 0 Å². The Labute approximate surface area is 135 Å². The van der Waals surface area contributed by atoms with E-state index < -0.39 is 5.60 Å². The molecule has 2 aromatic heterocycles. The Balaban J connectivity index is 1.53. The van der Waals surface area contributed by atoms with Gasteiger partial charge in [0, 0.05) is 25.8 Å². The van der Waals surface area contributed by atoms with Crippen LogP contribution >= 0.6 is 0 Å². The second-order valence-electron chi connectivity index (χ2n) is 6.92. The first-order valence-corrected chi connectivity index (χ1v) is 7.93. The van der Waals surface area contributed by atoms with Crippen LogP contribution in [-0.4, -0.2) is 46.3 Å². The second kappa shape index (κ2) is 6.06. The number of alkyl carbamates (subject to hydrolysis) is 1. The number of anilines is 1. The summed E-state index contributed by atoms with van der Waals surface area (Å²) in [4.78, 5) is 26.0. The van der Waals surface area contributed by atoms with E-state index in [9.17, 15) is 4.79 Å². The molecule has 2 aromatic rings. The quantitative estimate of drug-likeness (QED) is 0.907. The van der Waals surface area contributed by atoms with Crippen molar-refractivity contribution in [3.8, 4) is 0 Å². The van der Waals surface area contributed by atoms with E-state index in [1.807, 2.05) is 32.9 Å². The maximum absolute atomic E-state index is 11.7. The van der Waals surface area contributed by atoms with Crippen molar-refractivity contribution in [2.24, 2.45) is 5.92 Å². The molecule has 0 aromatic carbocycles. The number of pyridine rings is 1. The molecular weight excluding hydrogens is 294 g/mol. The third-order valence-electron chi connectivity index (χ3n) is 3.76. The fourth-order valence-corrected chi connectivity index (χ4v) is 2.72. The zero-order valence-corrected chi connectivity index (χ0v) is 13.8. The van der Waals surface area contributed by atoms with Crippen LogP contribution in [0.25, 0.3) is 11.2 Å². The summed E-state index contributed by atoms with van der Waals surface area (Å²) in [6.07, 6.45) is 2.40. The number of carbonyl (C=O) groups excluding carboxylic acids is 1. The van der Waals surface area contributed by atoms with Gasteiger partial charge in [-0.15, -0.1) is 0 Å². The fourth-order valence-electron chi connectivity index (χ4n) is 2.72. The van der Waals surface area contributed by atoms with Gasteiger partial charge in [0.1, 0.15) is 5.60 Å². The molecule has 1 saturated heterocycles. The first kappa shape index (κ1) is 15.6. The number of amides is 1. The minimum atomic E-state index is -0.465. The molecule has 1 amide bonds. The van der Waals surface area contributed by atoms with Crippen molar-refractivity contribution in [1.29, 1.82) is 0 Å². The number of ether oxygens (including phenoxy) is 1. The van der Waals surface area contributed by atoms with Crippen molar-refractivity contribution < 1.29 is 9.53 Å². The number of imidazole rings is 1. The van der Waals surface area contributed by atoms with Gasteiger partial charge in [-0.1, -0.05) is 0 Å². The van der Waals surface area contributed by atoms with Crippen LogP contribution in [0.15, 0.2) is 18.3 Å². The van der Waals surface area contributed by atoms with Crippen molar-refractivity contribution in [2.45, 2.75) is 32.8 Å². The van der Waals surface area contributed by atoms with E-state index in [0.29, 0.717) is 12.5 Å². The number of nitrogens with one attached hydrogen (secondary N) is 2. The van der Waals surface area contributed by atoms with Gasteiger partial charge < -0.3 is 19.9 Å². The van der Waals surface area contributed by atoms with Gasteiger partial charge in [0.25, 0.3) is 0 Å². The number of hydrogen-bond acceptors (Lipinski definition) is 5. The largest absolute Gasteiger partial charge is 0.444 e. The van der Waals surface area contributed by atoms with Crippen LogP contribution in [0.3, 0.4) is 0 Å². The second-order valence-corrected chi connectivity index (χ2v) is 6.92. The number of aromatic nitrogens is 3. The molecule has 7 nitrogen and oxygen atoms in total. The predicted octanol–water partition coefficient (Wildman–Crippen LogP) is 2.31. The summed E-state index contributed by atoms with van der Waals surface area (Å²) in [5.41, 5.74) is 1.21. The average Bonchev–Trinajstić information content (AvgIpc) is 3.09. The van der Waals surface area contributed by atoms with E-state index in [0.717, 1.165) is 36.6 Å². The Morgan fingerprint density at radius 2 is 2.35 bits per heavy atom. The molecule has 7 heteroatoms. The number of hydrogen-bond donors (Lipinski definition) is 2. The highest BCUT2D eigenvalue weighted by Gasteiger charge is 2.26. The molecule has 0 bridgehead atoms. The fraction of sp³-hybridized carbons (Fsp3) is 0.562.